The van der Waals surface area contributed by atoms with Gasteiger partial charge in [0.1, 0.15) is 6.04 Å². The van der Waals surface area contributed by atoms with E-state index < -0.39 is 12.0 Å². The number of ether oxygens (including phenoxy) is 1. The number of nitrogens with zero attached hydrogens (tertiary/aromatic N) is 1. The van der Waals surface area contributed by atoms with E-state index >= 15 is 0 Å². The minimum atomic E-state index is -0.658. The number of likely N-dealkylation sites (tertiary alicyclic amines) is 1. The van der Waals surface area contributed by atoms with Crippen LogP contribution in [0.2, 0.25) is 0 Å². The van der Waals surface area contributed by atoms with Crippen molar-refractivity contribution < 1.29 is 14.3 Å². The highest BCUT2D eigenvalue weighted by Crippen LogP contribution is 2.16. The third-order valence-electron chi connectivity index (χ3n) is 4.13. The molecule has 1 aromatic rings. The number of nitrogens with one attached hydrogen (secondary N) is 1. The second kappa shape index (κ2) is 7.82. The number of piperidine rings is 1. The lowest BCUT2D eigenvalue weighted by Gasteiger charge is -2.34. The quantitative estimate of drug-likeness (QED) is 0.869. The summed E-state index contributed by atoms with van der Waals surface area (Å²) in [6.45, 7) is 2.79. The molecular weight excluding hydrogens is 280 g/mol. The van der Waals surface area contributed by atoms with Gasteiger partial charge in [-0.3, -0.25) is 0 Å². The number of hydrogen-bond acceptors (Lipinski definition) is 3. The first kappa shape index (κ1) is 16.3. The second-order valence-corrected chi connectivity index (χ2v) is 5.75. The lowest BCUT2D eigenvalue weighted by Crippen LogP contribution is -2.53. The second-order valence-electron chi connectivity index (χ2n) is 5.75. The van der Waals surface area contributed by atoms with E-state index in [0.29, 0.717) is 6.42 Å². The number of urea groups is 1. The van der Waals surface area contributed by atoms with E-state index in [1.54, 1.807) is 0 Å². The molecule has 1 N–H and O–H groups in total. The Balaban J connectivity index is 2.03. The molecule has 1 aromatic carbocycles. The van der Waals surface area contributed by atoms with Gasteiger partial charge >= 0.3 is 12.0 Å². The molecule has 5 heteroatoms. The number of benzene rings is 1. The molecule has 1 heterocycles. The number of esters is 1. The Hall–Kier alpha value is -2.04. The zero-order chi connectivity index (χ0) is 15.9. The van der Waals surface area contributed by atoms with Gasteiger partial charge in [0, 0.05) is 19.0 Å². The average molecular weight is 304 g/mol. The van der Waals surface area contributed by atoms with Gasteiger partial charge in [0.25, 0.3) is 0 Å². The fraction of sp³-hybridized carbons (Fsp3) is 0.529. The summed E-state index contributed by atoms with van der Waals surface area (Å²) in [7, 11) is 1.34. The zero-order valence-corrected chi connectivity index (χ0v) is 13.2. The fourth-order valence-electron chi connectivity index (χ4n) is 2.82. The van der Waals surface area contributed by atoms with Crippen LogP contribution < -0.4 is 5.32 Å². The van der Waals surface area contributed by atoms with E-state index in [4.69, 9.17) is 4.74 Å². The predicted molar refractivity (Wildman–Crippen MR) is 84.5 cm³/mol. The largest absolute Gasteiger partial charge is 0.467 e. The third kappa shape index (κ3) is 4.23. The highest BCUT2D eigenvalue weighted by molar-refractivity contribution is 5.84. The van der Waals surface area contributed by atoms with Gasteiger partial charge in [-0.05, 0) is 31.7 Å². The average Bonchev–Trinajstić information content (AvgIpc) is 2.54. The summed E-state index contributed by atoms with van der Waals surface area (Å²) in [5, 5.41) is 2.83. The first-order valence-corrected chi connectivity index (χ1v) is 7.80. The highest BCUT2D eigenvalue weighted by Gasteiger charge is 2.28. The minimum absolute atomic E-state index is 0.182. The number of carbonyl (C=O) groups is 2. The van der Waals surface area contributed by atoms with Crippen molar-refractivity contribution >= 4 is 12.0 Å². The molecular formula is C17H24N2O3. The maximum atomic E-state index is 12.4. The summed E-state index contributed by atoms with van der Waals surface area (Å²) < 4.78 is 4.83. The van der Waals surface area contributed by atoms with Crippen LogP contribution in [-0.2, 0) is 16.0 Å². The van der Waals surface area contributed by atoms with Crippen LogP contribution in [0.3, 0.4) is 0 Å². The summed E-state index contributed by atoms with van der Waals surface area (Å²) in [5.74, 6) is -0.415. The van der Waals surface area contributed by atoms with Crippen LogP contribution in [0.4, 0.5) is 4.79 Å². The molecule has 5 nitrogen and oxygen atoms in total. The number of carbonyl (C=O) groups excluding carboxylic acids is 2. The van der Waals surface area contributed by atoms with Crippen LogP contribution >= 0.6 is 0 Å². The van der Waals surface area contributed by atoms with Gasteiger partial charge in [-0.25, -0.2) is 9.59 Å². The first-order chi connectivity index (χ1) is 10.6. The van der Waals surface area contributed by atoms with E-state index in [1.165, 1.54) is 7.11 Å². The van der Waals surface area contributed by atoms with Crippen LogP contribution in [0, 0.1) is 0 Å². The number of amides is 2. The Bertz CT molecular complexity index is 504. The lowest BCUT2D eigenvalue weighted by atomic mass is 10.0. The molecule has 0 radical (unpaired) electrons. The zero-order valence-electron chi connectivity index (χ0n) is 13.2. The summed E-state index contributed by atoms with van der Waals surface area (Å²) in [4.78, 5) is 26.2. The number of methoxy groups -OCH3 is 1. The normalized spacial score (nSPS) is 19.4. The Kier molecular flexibility index (Phi) is 5.81. The van der Waals surface area contributed by atoms with Gasteiger partial charge in [0.05, 0.1) is 7.11 Å². The SMILES string of the molecule is COC(=O)[C@H](Cc1ccccc1)NC(=O)N1CCCCC1C. The van der Waals surface area contributed by atoms with Gasteiger partial charge in [-0.2, -0.15) is 0 Å². The van der Waals surface area contributed by atoms with Crippen LogP contribution in [0.25, 0.3) is 0 Å². The van der Waals surface area contributed by atoms with Crippen molar-refractivity contribution in [3.63, 3.8) is 0 Å². The van der Waals surface area contributed by atoms with Crippen molar-refractivity contribution in [2.24, 2.45) is 0 Å². The van der Waals surface area contributed by atoms with Gasteiger partial charge in [0.15, 0.2) is 0 Å². The van der Waals surface area contributed by atoms with Gasteiger partial charge in [-0.1, -0.05) is 30.3 Å². The maximum absolute atomic E-state index is 12.4. The van der Waals surface area contributed by atoms with Crippen LogP contribution in [0.15, 0.2) is 30.3 Å². The van der Waals surface area contributed by atoms with E-state index in [-0.39, 0.29) is 12.1 Å². The summed E-state index contributed by atoms with van der Waals surface area (Å²) in [6.07, 6.45) is 3.60. The van der Waals surface area contributed by atoms with E-state index in [2.05, 4.69) is 5.32 Å². The standard InChI is InChI=1S/C17H24N2O3/c1-13-8-6-7-11-19(13)17(21)18-15(16(20)22-2)12-14-9-4-3-5-10-14/h3-5,9-10,13,15H,6-8,11-12H2,1-2H3,(H,18,21)/t13?,15-/m0/s1. The monoisotopic (exact) mass is 304 g/mol. The maximum Gasteiger partial charge on any atom is 0.328 e. The first-order valence-electron chi connectivity index (χ1n) is 7.80. The molecule has 0 spiro atoms. The molecule has 0 aromatic heterocycles. The number of hydrogen-bond donors (Lipinski definition) is 1. The van der Waals surface area contributed by atoms with E-state index in [0.717, 1.165) is 31.4 Å². The molecule has 120 valence electrons. The van der Waals surface area contributed by atoms with Gasteiger partial charge in [0.2, 0.25) is 0 Å². The topological polar surface area (TPSA) is 58.6 Å². The van der Waals surface area contributed by atoms with Gasteiger partial charge < -0.3 is 15.0 Å². The molecule has 2 atom stereocenters. The van der Waals surface area contributed by atoms with E-state index in [9.17, 15) is 9.59 Å². The molecule has 0 aliphatic carbocycles. The Morgan fingerprint density at radius 2 is 2.05 bits per heavy atom. The Morgan fingerprint density at radius 3 is 2.68 bits per heavy atom. The summed E-state index contributed by atoms with van der Waals surface area (Å²) >= 11 is 0. The third-order valence-corrected chi connectivity index (χ3v) is 4.13. The van der Waals surface area contributed by atoms with Crippen LogP contribution in [0.5, 0.6) is 0 Å². The fourth-order valence-corrected chi connectivity index (χ4v) is 2.82. The Labute approximate surface area is 131 Å². The molecule has 1 aliphatic rings. The lowest BCUT2D eigenvalue weighted by molar-refractivity contribution is -0.142. The minimum Gasteiger partial charge on any atom is -0.467 e. The van der Waals surface area contributed by atoms with Crippen LogP contribution in [0.1, 0.15) is 31.7 Å². The molecule has 1 unspecified atom stereocenters. The smallest absolute Gasteiger partial charge is 0.328 e. The van der Waals surface area contributed by atoms with Crippen molar-refractivity contribution in [1.82, 2.24) is 10.2 Å². The van der Waals surface area contributed by atoms with Crippen molar-refractivity contribution in [2.45, 2.75) is 44.7 Å². The van der Waals surface area contributed by atoms with E-state index in [1.807, 2.05) is 42.2 Å². The van der Waals surface area contributed by atoms with Gasteiger partial charge in [-0.15, -0.1) is 0 Å². The summed E-state index contributed by atoms with van der Waals surface area (Å²) in [6, 6.07) is 8.99. The predicted octanol–water partition coefficient (Wildman–Crippen LogP) is 2.35. The summed E-state index contributed by atoms with van der Waals surface area (Å²) in [5.41, 5.74) is 0.991. The molecule has 0 saturated carbocycles. The molecule has 2 amide bonds. The molecule has 1 fully saturated rings. The molecule has 2 rings (SSSR count). The van der Waals surface area contributed by atoms with Crippen molar-refractivity contribution in [3.05, 3.63) is 35.9 Å². The highest BCUT2D eigenvalue weighted by atomic mass is 16.5. The van der Waals surface area contributed by atoms with Crippen LogP contribution in [-0.4, -0.2) is 42.6 Å². The number of rotatable bonds is 4. The molecule has 1 aliphatic heterocycles. The molecule has 22 heavy (non-hydrogen) atoms. The van der Waals surface area contributed by atoms with Crippen molar-refractivity contribution in [2.75, 3.05) is 13.7 Å². The molecule has 1 saturated heterocycles. The molecule has 0 bridgehead atoms. The van der Waals surface area contributed by atoms with Crippen molar-refractivity contribution in [3.8, 4) is 0 Å². The Morgan fingerprint density at radius 1 is 1.32 bits per heavy atom. The van der Waals surface area contributed by atoms with Crippen molar-refractivity contribution in [1.29, 1.82) is 0 Å².